The highest BCUT2D eigenvalue weighted by Gasteiger charge is 2.28. The van der Waals surface area contributed by atoms with Crippen LogP contribution in [0.15, 0.2) is 17.3 Å². The van der Waals surface area contributed by atoms with Gasteiger partial charge in [0.15, 0.2) is 0 Å². The van der Waals surface area contributed by atoms with Gasteiger partial charge in [-0.05, 0) is 12.8 Å². The van der Waals surface area contributed by atoms with Gasteiger partial charge in [-0.1, -0.05) is 12.8 Å². The summed E-state index contributed by atoms with van der Waals surface area (Å²) in [6, 6.07) is -0.428. The summed E-state index contributed by atoms with van der Waals surface area (Å²) in [7, 11) is -2.03. The fourth-order valence-electron chi connectivity index (χ4n) is 2.10. The Morgan fingerprint density at radius 3 is 2.47 bits per heavy atom. The van der Waals surface area contributed by atoms with Gasteiger partial charge >= 0.3 is 0 Å². The van der Waals surface area contributed by atoms with E-state index in [9.17, 15) is 13.5 Å². The van der Waals surface area contributed by atoms with Gasteiger partial charge in [0.1, 0.15) is 4.90 Å². The van der Waals surface area contributed by atoms with Gasteiger partial charge < -0.3 is 10.4 Å². The Morgan fingerprint density at radius 2 is 1.89 bits per heavy atom. The molecule has 19 heavy (non-hydrogen) atoms. The maximum atomic E-state index is 12.1. The van der Waals surface area contributed by atoms with Crippen LogP contribution in [-0.2, 0) is 10.0 Å². The molecule has 2 rings (SSSR count). The summed E-state index contributed by atoms with van der Waals surface area (Å²) in [5, 5.41) is 12.5. The zero-order valence-corrected chi connectivity index (χ0v) is 11.5. The Morgan fingerprint density at radius 1 is 1.26 bits per heavy atom. The summed E-state index contributed by atoms with van der Waals surface area (Å²) in [4.78, 5) is 7.75. The molecular weight excluding hydrogens is 268 g/mol. The van der Waals surface area contributed by atoms with Gasteiger partial charge in [0.2, 0.25) is 16.0 Å². The Labute approximate surface area is 112 Å². The van der Waals surface area contributed by atoms with E-state index in [0.717, 1.165) is 12.8 Å². The largest absolute Gasteiger partial charge is 0.391 e. The van der Waals surface area contributed by atoms with Crippen molar-refractivity contribution in [3.05, 3.63) is 12.4 Å². The fourth-order valence-corrected chi connectivity index (χ4v) is 3.29. The van der Waals surface area contributed by atoms with Crippen LogP contribution in [-0.4, -0.2) is 42.7 Å². The van der Waals surface area contributed by atoms with Crippen molar-refractivity contribution in [2.24, 2.45) is 0 Å². The third kappa shape index (κ3) is 3.40. The number of rotatable bonds is 4. The van der Waals surface area contributed by atoms with Crippen LogP contribution in [0.3, 0.4) is 0 Å². The topological polar surface area (TPSA) is 104 Å². The SMILES string of the molecule is CNc1ncc(S(=O)(=O)NC2CCCCC2O)cn1. The number of aliphatic hydroxyl groups is 1. The van der Waals surface area contributed by atoms with Crippen LogP contribution < -0.4 is 10.0 Å². The van der Waals surface area contributed by atoms with Crippen molar-refractivity contribution in [3.63, 3.8) is 0 Å². The summed E-state index contributed by atoms with van der Waals surface area (Å²) < 4.78 is 26.8. The van der Waals surface area contributed by atoms with Crippen LogP contribution in [0.2, 0.25) is 0 Å². The minimum Gasteiger partial charge on any atom is -0.391 e. The molecule has 8 heteroatoms. The average Bonchev–Trinajstić information content (AvgIpc) is 2.41. The number of hydrogen-bond acceptors (Lipinski definition) is 6. The van der Waals surface area contributed by atoms with E-state index in [1.807, 2.05) is 0 Å². The number of hydrogen-bond donors (Lipinski definition) is 3. The molecule has 0 saturated heterocycles. The lowest BCUT2D eigenvalue weighted by Crippen LogP contribution is -2.44. The zero-order chi connectivity index (χ0) is 13.9. The summed E-state index contributed by atoms with van der Waals surface area (Å²) in [5.41, 5.74) is 0. The van der Waals surface area contributed by atoms with Crippen molar-refractivity contribution in [2.45, 2.75) is 42.7 Å². The first-order chi connectivity index (χ1) is 9.03. The summed E-state index contributed by atoms with van der Waals surface area (Å²) in [6.45, 7) is 0. The number of nitrogens with zero attached hydrogens (tertiary/aromatic N) is 2. The molecule has 0 aliphatic heterocycles. The molecule has 0 aromatic carbocycles. The van der Waals surface area contributed by atoms with E-state index in [-0.39, 0.29) is 4.90 Å². The lowest BCUT2D eigenvalue weighted by atomic mass is 9.93. The van der Waals surface area contributed by atoms with Gasteiger partial charge in [0, 0.05) is 13.1 Å². The summed E-state index contributed by atoms with van der Waals surface area (Å²) >= 11 is 0. The van der Waals surface area contributed by atoms with Crippen LogP contribution in [0.25, 0.3) is 0 Å². The molecule has 1 aromatic heterocycles. The average molecular weight is 286 g/mol. The van der Waals surface area contributed by atoms with E-state index in [4.69, 9.17) is 0 Å². The van der Waals surface area contributed by atoms with Crippen LogP contribution in [0.5, 0.6) is 0 Å². The molecule has 1 aliphatic carbocycles. The lowest BCUT2D eigenvalue weighted by Gasteiger charge is -2.27. The maximum Gasteiger partial charge on any atom is 0.243 e. The van der Waals surface area contributed by atoms with Crippen molar-refractivity contribution in [1.29, 1.82) is 0 Å². The maximum absolute atomic E-state index is 12.1. The van der Waals surface area contributed by atoms with Crippen LogP contribution >= 0.6 is 0 Å². The Bertz CT molecular complexity index is 517. The smallest absolute Gasteiger partial charge is 0.243 e. The van der Waals surface area contributed by atoms with Crippen molar-refractivity contribution < 1.29 is 13.5 Å². The standard InChI is InChI=1S/C11H18N4O3S/c1-12-11-13-6-8(7-14-11)19(17,18)15-9-4-2-3-5-10(9)16/h6-7,9-10,15-16H,2-5H2,1H3,(H,12,13,14). The molecule has 7 nitrogen and oxygen atoms in total. The highest BCUT2D eigenvalue weighted by Crippen LogP contribution is 2.20. The number of anilines is 1. The van der Waals surface area contributed by atoms with Gasteiger partial charge in [-0.3, -0.25) is 0 Å². The molecular formula is C11H18N4O3S. The van der Waals surface area contributed by atoms with E-state index in [1.165, 1.54) is 12.4 Å². The van der Waals surface area contributed by atoms with Crippen molar-refractivity contribution in [3.8, 4) is 0 Å². The van der Waals surface area contributed by atoms with Gasteiger partial charge in [0.25, 0.3) is 0 Å². The lowest BCUT2D eigenvalue weighted by molar-refractivity contribution is 0.101. The minimum atomic E-state index is -3.68. The quantitative estimate of drug-likeness (QED) is 0.725. The molecule has 2 unspecified atom stereocenters. The molecule has 0 bridgehead atoms. The van der Waals surface area contributed by atoms with Crippen LogP contribution in [0, 0.1) is 0 Å². The number of sulfonamides is 1. The molecule has 0 spiro atoms. The molecule has 1 aliphatic rings. The molecule has 1 fully saturated rings. The minimum absolute atomic E-state index is 0.00396. The predicted octanol–water partition coefficient (Wildman–Crippen LogP) is 0.100. The van der Waals surface area contributed by atoms with Crippen LogP contribution in [0.4, 0.5) is 5.95 Å². The van der Waals surface area contributed by atoms with Gasteiger partial charge in [-0.25, -0.2) is 23.1 Å². The molecule has 0 radical (unpaired) electrons. The molecule has 1 aromatic rings. The zero-order valence-electron chi connectivity index (χ0n) is 10.7. The first kappa shape index (κ1) is 14.2. The van der Waals surface area contributed by atoms with Crippen LogP contribution in [0.1, 0.15) is 25.7 Å². The summed E-state index contributed by atoms with van der Waals surface area (Å²) in [5.74, 6) is 0.358. The highest BCUT2D eigenvalue weighted by molar-refractivity contribution is 7.89. The van der Waals surface area contributed by atoms with Crippen molar-refractivity contribution in [1.82, 2.24) is 14.7 Å². The van der Waals surface area contributed by atoms with Crippen molar-refractivity contribution >= 4 is 16.0 Å². The van der Waals surface area contributed by atoms with E-state index in [0.29, 0.717) is 18.8 Å². The number of aliphatic hydroxyl groups excluding tert-OH is 1. The van der Waals surface area contributed by atoms with Gasteiger partial charge in [-0.15, -0.1) is 0 Å². The Balaban J connectivity index is 2.12. The highest BCUT2D eigenvalue weighted by atomic mass is 32.2. The second-order valence-electron chi connectivity index (χ2n) is 4.57. The molecule has 3 N–H and O–H groups in total. The predicted molar refractivity (Wildman–Crippen MR) is 70.2 cm³/mol. The second-order valence-corrected chi connectivity index (χ2v) is 6.29. The van der Waals surface area contributed by atoms with E-state index < -0.39 is 22.2 Å². The molecule has 2 atom stereocenters. The monoisotopic (exact) mass is 286 g/mol. The second kappa shape index (κ2) is 5.81. The van der Waals surface area contributed by atoms with Gasteiger partial charge in [0.05, 0.1) is 18.5 Å². The first-order valence-electron chi connectivity index (χ1n) is 6.23. The third-order valence-electron chi connectivity index (χ3n) is 3.20. The third-order valence-corrected chi connectivity index (χ3v) is 4.64. The Kier molecular flexibility index (Phi) is 4.33. The van der Waals surface area contributed by atoms with E-state index in [2.05, 4.69) is 20.0 Å². The molecule has 0 amide bonds. The summed E-state index contributed by atoms with van der Waals surface area (Å²) in [6.07, 6.45) is 4.99. The Hall–Kier alpha value is -1.25. The molecule has 1 heterocycles. The van der Waals surface area contributed by atoms with E-state index >= 15 is 0 Å². The molecule has 106 valence electrons. The number of aromatic nitrogens is 2. The van der Waals surface area contributed by atoms with Crippen molar-refractivity contribution in [2.75, 3.05) is 12.4 Å². The number of nitrogens with one attached hydrogen (secondary N) is 2. The van der Waals surface area contributed by atoms with Gasteiger partial charge in [-0.2, -0.15) is 0 Å². The molecule has 1 saturated carbocycles. The first-order valence-corrected chi connectivity index (χ1v) is 7.71. The normalized spacial score (nSPS) is 24.1. The van der Waals surface area contributed by atoms with E-state index in [1.54, 1.807) is 7.05 Å². The fraction of sp³-hybridized carbons (Fsp3) is 0.636.